The molecule has 0 saturated carbocycles. The molecule has 0 saturated heterocycles. The summed E-state index contributed by atoms with van der Waals surface area (Å²) in [6.45, 7) is 5.87. The number of carbonyl (C=O) groups excluding carboxylic acids is 1. The molecule has 1 heterocycles. The molecule has 0 aliphatic rings. The molecule has 0 spiro atoms. The van der Waals surface area contributed by atoms with Crippen LogP contribution in [0.4, 0.5) is 0 Å². The van der Waals surface area contributed by atoms with Crippen molar-refractivity contribution in [3.63, 3.8) is 0 Å². The van der Waals surface area contributed by atoms with Gasteiger partial charge in [0.05, 0.1) is 0 Å². The Kier molecular flexibility index (Phi) is 4.79. The molecule has 1 amide bonds. The van der Waals surface area contributed by atoms with Crippen molar-refractivity contribution in [3.05, 3.63) is 36.0 Å². The number of hydrogen-bond donors (Lipinski definition) is 2. The summed E-state index contributed by atoms with van der Waals surface area (Å²) in [5, 5.41) is 7.30. The zero-order valence-corrected chi connectivity index (χ0v) is 12.4. The van der Waals surface area contributed by atoms with E-state index in [1.165, 1.54) is 16.5 Å². The second-order valence-corrected chi connectivity index (χ2v) is 5.36. The summed E-state index contributed by atoms with van der Waals surface area (Å²) >= 11 is 0. The van der Waals surface area contributed by atoms with Crippen LogP contribution in [0.25, 0.3) is 10.9 Å². The van der Waals surface area contributed by atoms with Gasteiger partial charge in [-0.3, -0.25) is 4.79 Å². The first-order chi connectivity index (χ1) is 9.60. The van der Waals surface area contributed by atoms with Crippen molar-refractivity contribution in [3.8, 4) is 0 Å². The van der Waals surface area contributed by atoms with E-state index in [1.54, 1.807) is 7.05 Å². The fourth-order valence-corrected chi connectivity index (χ4v) is 2.20. The molecule has 1 aromatic carbocycles. The second-order valence-electron chi connectivity index (χ2n) is 5.36. The zero-order chi connectivity index (χ0) is 14.5. The number of carbonyl (C=O) groups is 1. The topological polar surface area (TPSA) is 46.1 Å². The molecule has 2 rings (SSSR count). The van der Waals surface area contributed by atoms with Gasteiger partial charge in [-0.1, -0.05) is 26.0 Å². The average molecular weight is 273 g/mol. The number of nitrogens with zero attached hydrogens (tertiary/aromatic N) is 1. The van der Waals surface area contributed by atoms with Gasteiger partial charge in [0.2, 0.25) is 5.91 Å². The molecule has 1 aromatic heterocycles. The zero-order valence-electron chi connectivity index (χ0n) is 12.4. The van der Waals surface area contributed by atoms with E-state index in [1.807, 2.05) is 6.20 Å². The predicted octanol–water partition coefficient (Wildman–Crippen LogP) is 2.28. The van der Waals surface area contributed by atoms with Crippen molar-refractivity contribution in [1.29, 1.82) is 0 Å². The van der Waals surface area contributed by atoms with Crippen LogP contribution < -0.4 is 10.6 Å². The van der Waals surface area contributed by atoms with Gasteiger partial charge in [-0.2, -0.15) is 0 Å². The van der Waals surface area contributed by atoms with Gasteiger partial charge in [0.1, 0.15) is 0 Å². The van der Waals surface area contributed by atoms with Crippen LogP contribution >= 0.6 is 0 Å². The van der Waals surface area contributed by atoms with E-state index in [2.05, 4.69) is 53.3 Å². The first-order valence-electron chi connectivity index (χ1n) is 7.12. The smallest absolute Gasteiger partial charge is 0.221 e. The van der Waals surface area contributed by atoms with Gasteiger partial charge < -0.3 is 15.2 Å². The van der Waals surface area contributed by atoms with Crippen molar-refractivity contribution in [2.24, 2.45) is 0 Å². The summed E-state index contributed by atoms with van der Waals surface area (Å²) < 4.78 is 2.14. The summed E-state index contributed by atoms with van der Waals surface area (Å²) in [5.74, 6) is 0.0736. The molecule has 4 nitrogen and oxygen atoms in total. The van der Waals surface area contributed by atoms with Gasteiger partial charge in [0, 0.05) is 44.3 Å². The highest BCUT2D eigenvalue weighted by Crippen LogP contribution is 2.18. The molecule has 2 aromatic rings. The highest BCUT2D eigenvalue weighted by molar-refractivity contribution is 5.81. The molecule has 2 N–H and O–H groups in total. The van der Waals surface area contributed by atoms with Gasteiger partial charge in [-0.25, -0.2) is 0 Å². The summed E-state index contributed by atoms with van der Waals surface area (Å²) in [6.07, 6.45) is 2.56. The summed E-state index contributed by atoms with van der Waals surface area (Å²) in [7, 11) is 1.67. The third-order valence-corrected chi connectivity index (χ3v) is 3.41. The van der Waals surface area contributed by atoms with Crippen LogP contribution in [0.2, 0.25) is 0 Å². The molecule has 0 aliphatic heterocycles. The maximum Gasteiger partial charge on any atom is 0.221 e. The van der Waals surface area contributed by atoms with Crippen LogP contribution in [0.1, 0.15) is 25.8 Å². The number of hydrogen-bond acceptors (Lipinski definition) is 2. The second kappa shape index (κ2) is 6.57. The standard InChI is InChI=1S/C16H23N3O/c1-12(2)18-11-13-4-5-14-6-8-19(15(14)10-13)9-7-16(20)17-3/h4-6,8,10,12,18H,7,9,11H2,1-3H3,(H,17,20). The van der Waals surface area contributed by atoms with Crippen molar-refractivity contribution in [2.75, 3.05) is 7.05 Å². The van der Waals surface area contributed by atoms with Crippen LogP contribution in [0.3, 0.4) is 0 Å². The van der Waals surface area contributed by atoms with Gasteiger partial charge in [0.15, 0.2) is 0 Å². The van der Waals surface area contributed by atoms with Crippen LogP contribution in [-0.4, -0.2) is 23.6 Å². The maximum absolute atomic E-state index is 11.4. The van der Waals surface area contributed by atoms with Crippen LogP contribution in [0, 0.1) is 0 Å². The Balaban J connectivity index is 2.14. The minimum Gasteiger partial charge on any atom is -0.359 e. The Morgan fingerprint density at radius 2 is 2.10 bits per heavy atom. The SMILES string of the molecule is CNC(=O)CCn1ccc2ccc(CNC(C)C)cc21. The molecule has 0 radical (unpaired) electrons. The monoisotopic (exact) mass is 273 g/mol. The van der Waals surface area contributed by atoms with Gasteiger partial charge >= 0.3 is 0 Å². The molecular weight excluding hydrogens is 250 g/mol. The maximum atomic E-state index is 11.4. The van der Waals surface area contributed by atoms with E-state index in [9.17, 15) is 4.79 Å². The van der Waals surface area contributed by atoms with Crippen LogP contribution in [-0.2, 0) is 17.9 Å². The van der Waals surface area contributed by atoms with E-state index in [0.717, 1.165) is 6.54 Å². The number of nitrogens with one attached hydrogen (secondary N) is 2. The predicted molar refractivity (Wildman–Crippen MR) is 82.6 cm³/mol. The lowest BCUT2D eigenvalue weighted by atomic mass is 10.1. The van der Waals surface area contributed by atoms with Crippen LogP contribution in [0.15, 0.2) is 30.5 Å². The highest BCUT2D eigenvalue weighted by Gasteiger charge is 2.05. The quantitative estimate of drug-likeness (QED) is 0.848. The fourth-order valence-electron chi connectivity index (χ4n) is 2.20. The van der Waals surface area contributed by atoms with Crippen molar-refractivity contribution >= 4 is 16.8 Å². The van der Waals surface area contributed by atoms with E-state index in [0.29, 0.717) is 19.0 Å². The van der Waals surface area contributed by atoms with Crippen molar-refractivity contribution < 1.29 is 4.79 Å². The lowest BCUT2D eigenvalue weighted by Crippen LogP contribution is -2.21. The molecule has 0 atom stereocenters. The molecule has 108 valence electrons. The van der Waals surface area contributed by atoms with Crippen LogP contribution in [0.5, 0.6) is 0 Å². The molecule has 0 aliphatic carbocycles. The van der Waals surface area contributed by atoms with Crippen molar-refractivity contribution in [2.45, 2.75) is 39.4 Å². The first kappa shape index (κ1) is 14.6. The van der Waals surface area contributed by atoms with Gasteiger partial charge in [-0.05, 0) is 23.1 Å². The molecule has 0 fully saturated rings. The number of benzene rings is 1. The lowest BCUT2D eigenvalue weighted by Gasteiger charge is -2.09. The number of fused-ring (bicyclic) bond motifs is 1. The highest BCUT2D eigenvalue weighted by atomic mass is 16.1. The summed E-state index contributed by atoms with van der Waals surface area (Å²) in [6, 6.07) is 9.07. The number of aryl methyl sites for hydroxylation is 1. The van der Waals surface area contributed by atoms with E-state index in [4.69, 9.17) is 0 Å². The summed E-state index contributed by atoms with van der Waals surface area (Å²) in [4.78, 5) is 11.4. The Bertz CT molecular complexity index is 586. The number of rotatable bonds is 6. The number of amides is 1. The lowest BCUT2D eigenvalue weighted by molar-refractivity contribution is -0.120. The average Bonchev–Trinajstić information content (AvgIpc) is 2.84. The van der Waals surface area contributed by atoms with Crippen molar-refractivity contribution in [1.82, 2.24) is 15.2 Å². The summed E-state index contributed by atoms with van der Waals surface area (Å²) in [5.41, 5.74) is 2.46. The van der Waals surface area contributed by atoms with Gasteiger partial charge in [-0.15, -0.1) is 0 Å². The Hall–Kier alpha value is -1.81. The largest absolute Gasteiger partial charge is 0.359 e. The molecule has 4 heteroatoms. The normalized spacial score (nSPS) is 11.2. The van der Waals surface area contributed by atoms with Gasteiger partial charge in [0.25, 0.3) is 0 Å². The third kappa shape index (κ3) is 3.61. The molecule has 0 unspecified atom stereocenters. The Labute approximate surface area is 120 Å². The third-order valence-electron chi connectivity index (χ3n) is 3.41. The first-order valence-corrected chi connectivity index (χ1v) is 7.12. The molecule has 0 bridgehead atoms. The van der Waals surface area contributed by atoms with E-state index >= 15 is 0 Å². The minimum atomic E-state index is 0.0736. The minimum absolute atomic E-state index is 0.0736. The van der Waals surface area contributed by atoms with E-state index in [-0.39, 0.29) is 5.91 Å². The molecular formula is C16H23N3O. The number of aromatic nitrogens is 1. The fraction of sp³-hybridized carbons (Fsp3) is 0.438. The Morgan fingerprint density at radius 3 is 2.80 bits per heavy atom. The molecule has 20 heavy (non-hydrogen) atoms. The van der Waals surface area contributed by atoms with E-state index < -0.39 is 0 Å². The Morgan fingerprint density at radius 1 is 1.30 bits per heavy atom.